The van der Waals surface area contributed by atoms with Crippen LogP contribution >= 0.6 is 11.6 Å². The van der Waals surface area contributed by atoms with Crippen molar-refractivity contribution in [2.45, 2.75) is 11.8 Å². The van der Waals surface area contributed by atoms with E-state index >= 15 is 0 Å². The van der Waals surface area contributed by atoms with E-state index in [-0.39, 0.29) is 4.90 Å². The van der Waals surface area contributed by atoms with Crippen LogP contribution in [0, 0.1) is 12.7 Å². The predicted octanol–water partition coefficient (Wildman–Crippen LogP) is 3.31. The summed E-state index contributed by atoms with van der Waals surface area (Å²) in [4.78, 5) is 2.16. The van der Waals surface area contributed by atoms with Gasteiger partial charge in [-0.3, -0.25) is 0 Å². The van der Waals surface area contributed by atoms with Crippen molar-refractivity contribution in [3.63, 3.8) is 0 Å². The molecule has 140 valence electrons. The molecule has 5 nitrogen and oxygen atoms in total. The van der Waals surface area contributed by atoms with Gasteiger partial charge in [0.25, 0.3) is 0 Å². The first-order valence-corrected chi connectivity index (χ1v) is 9.99. The summed E-state index contributed by atoms with van der Waals surface area (Å²) in [5.41, 5.74) is 1.16. The van der Waals surface area contributed by atoms with Crippen molar-refractivity contribution in [3.8, 4) is 5.75 Å². The second-order valence-corrected chi connectivity index (χ2v) is 8.49. The molecule has 1 aliphatic heterocycles. The zero-order valence-electron chi connectivity index (χ0n) is 14.6. The quantitative estimate of drug-likeness (QED) is 0.792. The predicted molar refractivity (Wildman–Crippen MR) is 100 cm³/mol. The molecule has 0 amide bonds. The molecule has 0 aromatic heterocycles. The first-order valence-electron chi connectivity index (χ1n) is 8.17. The molecule has 0 bridgehead atoms. The largest absolute Gasteiger partial charge is 0.495 e. The maximum Gasteiger partial charge on any atom is 0.243 e. The molecule has 1 saturated heterocycles. The number of sulfonamides is 1. The third-order valence-electron chi connectivity index (χ3n) is 4.49. The number of hydrogen-bond donors (Lipinski definition) is 0. The normalized spacial score (nSPS) is 15.9. The molecule has 1 fully saturated rings. The van der Waals surface area contributed by atoms with Gasteiger partial charge in [-0.25, -0.2) is 12.8 Å². The van der Waals surface area contributed by atoms with Crippen LogP contribution in [0.3, 0.4) is 0 Å². The minimum atomic E-state index is -3.65. The van der Waals surface area contributed by atoms with Crippen LogP contribution in [0.1, 0.15) is 5.56 Å². The standard InChI is InChI=1S/C18H20ClFN2O3S/c1-13-11-15(4-5-16(13)20)26(23,24)22-9-7-21(8-10-22)17-12-14(19)3-6-18(17)25-2/h3-6,11-12H,7-10H2,1-2H3. The number of rotatable bonds is 4. The number of aryl methyl sites for hydroxylation is 1. The van der Waals surface area contributed by atoms with E-state index in [1.54, 1.807) is 26.2 Å². The number of hydrogen-bond acceptors (Lipinski definition) is 4. The molecule has 2 aromatic carbocycles. The molecular weight excluding hydrogens is 379 g/mol. The lowest BCUT2D eigenvalue weighted by Crippen LogP contribution is -2.48. The molecule has 0 unspecified atom stereocenters. The van der Waals surface area contributed by atoms with Gasteiger partial charge in [0.1, 0.15) is 11.6 Å². The highest BCUT2D eigenvalue weighted by Crippen LogP contribution is 2.32. The van der Waals surface area contributed by atoms with Crippen LogP contribution < -0.4 is 9.64 Å². The van der Waals surface area contributed by atoms with Gasteiger partial charge in [0, 0.05) is 31.2 Å². The second kappa shape index (κ2) is 7.42. The van der Waals surface area contributed by atoms with Gasteiger partial charge in [0.05, 0.1) is 17.7 Å². The SMILES string of the molecule is COc1ccc(Cl)cc1N1CCN(S(=O)(=O)c2ccc(F)c(C)c2)CC1. The number of methoxy groups -OCH3 is 1. The van der Waals surface area contributed by atoms with Crippen LogP contribution in [-0.2, 0) is 10.0 Å². The lowest BCUT2D eigenvalue weighted by Gasteiger charge is -2.36. The zero-order chi connectivity index (χ0) is 18.9. The maximum absolute atomic E-state index is 13.4. The van der Waals surface area contributed by atoms with Crippen LogP contribution in [0.2, 0.25) is 5.02 Å². The zero-order valence-corrected chi connectivity index (χ0v) is 16.1. The van der Waals surface area contributed by atoms with E-state index in [4.69, 9.17) is 16.3 Å². The number of anilines is 1. The lowest BCUT2D eigenvalue weighted by molar-refractivity contribution is 0.378. The Kier molecular flexibility index (Phi) is 5.41. The summed E-state index contributed by atoms with van der Waals surface area (Å²) in [6.45, 7) is 3.23. The molecule has 2 aromatic rings. The maximum atomic E-state index is 13.4. The van der Waals surface area contributed by atoms with Crippen LogP contribution in [0.15, 0.2) is 41.3 Å². The fourth-order valence-electron chi connectivity index (χ4n) is 3.01. The summed E-state index contributed by atoms with van der Waals surface area (Å²) in [6, 6.07) is 9.23. The summed E-state index contributed by atoms with van der Waals surface area (Å²) in [5.74, 6) is 0.279. The van der Waals surface area contributed by atoms with Crippen LogP contribution in [-0.4, -0.2) is 46.0 Å². The fraction of sp³-hybridized carbons (Fsp3) is 0.333. The Labute approximate surface area is 158 Å². The van der Waals surface area contributed by atoms with E-state index < -0.39 is 15.8 Å². The second-order valence-electron chi connectivity index (χ2n) is 6.12. The van der Waals surface area contributed by atoms with E-state index in [0.717, 1.165) is 5.69 Å². The summed E-state index contributed by atoms with van der Waals surface area (Å²) < 4.78 is 45.9. The van der Waals surface area contributed by atoms with Gasteiger partial charge >= 0.3 is 0 Å². The topological polar surface area (TPSA) is 49.9 Å². The Morgan fingerprint density at radius 2 is 1.77 bits per heavy atom. The van der Waals surface area contributed by atoms with E-state index in [9.17, 15) is 12.8 Å². The number of halogens is 2. The van der Waals surface area contributed by atoms with Crippen molar-refractivity contribution < 1.29 is 17.5 Å². The Bertz CT molecular complexity index is 913. The average molecular weight is 399 g/mol. The molecule has 0 N–H and O–H groups in total. The molecule has 1 heterocycles. The molecule has 0 radical (unpaired) electrons. The van der Waals surface area contributed by atoms with Crippen molar-refractivity contribution in [2.75, 3.05) is 38.2 Å². The number of nitrogens with zero attached hydrogens (tertiary/aromatic N) is 2. The summed E-state index contributed by atoms with van der Waals surface area (Å²) in [6.07, 6.45) is 0. The van der Waals surface area contributed by atoms with Crippen LogP contribution in [0.25, 0.3) is 0 Å². The number of benzene rings is 2. The van der Waals surface area contributed by atoms with Gasteiger partial charge in [-0.2, -0.15) is 4.31 Å². The van der Waals surface area contributed by atoms with Crippen molar-refractivity contribution in [1.82, 2.24) is 4.31 Å². The molecule has 0 saturated carbocycles. The highest BCUT2D eigenvalue weighted by atomic mass is 35.5. The molecule has 0 spiro atoms. The first kappa shape index (κ1) is 18.9. The van der Waals surface area contributed by atoms with E-state index in [1.165, 1.54) is 22.5 Å². The monoisotopic (exact) mass is 398 g/mol. The van der Waals surface area contributed by atoms with Gasteiger partial charge < -0.3 is 9.64 Å². The summed E-state index contributed by atoms with van der Waals surface area (Å²) >= 11 is 6.08. The first-order chi connectivity index (χ1) is 12.3. The van der Waals surface area contributed by atoms with Crippen molar-refractivity contribution in [3.05, 3.63) is 52.8 Å². The molecule has 26 heavy (non-hydrogen) atoms. The highest BCUT2D eigenvalue weighted by Gasteiger charge is 2.29. The van der Waals surface area contributed by atoms with Crippen molar-refractivity contribution >= 4 is 27.3 Å². The van der Waals surface area contributed by atoms with Crippen LogP contribution in [0.5, 0.6) is 5.75 Å². The van der Waals surface area contributed by atoms with E-state index in [1.807, 2.05) is 11.0 Å². The Morgan fingerprint density at radius 3 is 2.38 bits per heavy atom. The van der Waals surface area contributed by atoms with Gasteiger partial charge in [0.15, 0.2) is 0 Å². The molecule has 8 heteroatoms. The molecular formula is C18H20ClFN2O3S. The molecule has 1 aliphatic rings. The minimum Gasteiger partial charge on any atom is -0.495 e. The van der Waals surface area contributed by atoms with Gasteiger partial charge in [0.2, 0.25) is 10.0 Å². The molecule has 0 atom stereocenters. The summed E-state index contributed by atoms with van der Waals surface area (Å²) in [7, 11) is -2.06. The smallest absolute Gasteiger partial charge is 0.243 e. The van der Waals surface area contributed by atoms with Crippen molar-refractivity contribution in [1.29, 1.82) is 0 Å². The van der Waals surface area contributed by atoms with Gasteiger partial charge in [-0.15, -0.1) is 0 Å². The third-order valence-corrected chi connectivity index (χ3v) is 6.62. The number of piperazine rings is 1. The van der Waals surface area contributed by atoms with E-state index in [2.05, 4.69) is 0 Å². The Morgan fingerprint density at radius 1 is 1.08 bits per heavy atom. The minimum absolute atomic E-state index is 0.116. The van der Waals surface area contributed by atoms with Gasteiger partial charge in [-0.1, -0.05) is 11.6 Å². The van der Waals surface area contributed by atoms with Crippen LogP contribution in [0.4, 0.5) is 10.1 Å². The van der Waals surface area contributed by atoms with Crippen molar-refractivity contribution in [2.24, 2.45) is 0 Å². The highest BCUT2D eigenvalue weighted by molar-refractivity contribution is 7.89. The Balaban J connectivity index is 1.78. The fourth-order valence-corrected chi connectivity index (χ4v) is 4.68. The Hall–Kier alpha value is -1.83. The number of ether oxygens (including phenoxy) is 1. The van der Waals surface area contributed by atoms with E-state index in [0.29, 0.717) is 42.5 Å². The third kappa shape index (κ3) is 3.65. The van der Waals surface area contributed by atoms with Gasteiger partial charge in [-0.05, 0) is 48.9 Å². The molecule has 0 aliphatic carbocycles. The average Bonchev–Trinajstić information content (AvgIpc) is 2.64. The lowest BCUT2D eigenvalue weighted by atomic mass is 10.2. The summed E-state index contributed by atoms with van der Waals surface area (Å²) in [5, 5.41) is 0.595. The molecule has 3 rings (SSSR count).